The van der Waals surface area contributed by atoms with Crippen LogP contribution in [0.4, 0.5) is 0 Å². The topological polar surface area (TPSA) is 29.1 Å². The highest BCUT2D eigenvalue weighted by Gasteiger charge is 2.62. The highest BCUT2D eigenvalue weighted by molar-refractivity contribution is 9.09. The van der Waals surface area contributed by atoms with Gasteiger partial charge >= 0.3 is 0 Å². The molecule has 0 spiro atoms. The number of rotatable bonds is 4. The van der Waals surface area contributed by atoms with Gasteiger partial charge in [-0.25, -0.2) is 0 Å². The molecule has 2 atom stereocenters. The lowest BCUT2D eigenvalue weighted by atomic mass is 9.40. The number of carbonyl (C=O) groups is 1. The van der Waals surface area contributed by atoms with Gasteiger partial charge in [0, 0.05) is 11.9 Å². The molecular weight excluding hydrogens is 326 g/mol. The monoisotopic (exact) mass is 355 g/mol. The third-order valence-corrected chi connectivity index (χ3v) is 7.72. The van der Waals surface area contributed by atoms with Gasteiger partial charge in [0.05, 0.1) is 5.41 Å². The second kappa shape index (κ2) is 4.72. The SMILES string of the molecule is CC(C)(CBr)CNC(=O)C12CC3CC(C)(CC(C)(C3)C1)C2. The first-order chi connectivity index (χ1) is 9.60. The molecule has 0 aromatic carbocycles. The summed E-state index contributed by atoms with van der Waals surface area (Å²) in [5.41, 5.74) is 0.893. The van der Waals surface area contributed by atoms with Crippen molar-refractivity contribution in [2.45, 2.75) is 66.2 Å². The van der Waals surface area contributed by atoms with Crippen LogP contribution < -0.4 is 5.32 Å². The third-order valence-electron chi connectivity index (χ3n) is 6.20. The minimum absolute atomic E-state index is 0.0642. The fourth-order valence-electron chi connectivity index (χ4n) is 6.26. The first-order valence-corrected chi connectivity index (χ1v) is 9.56. The van der Waals surface area contributed by atoms with Crippen molar-refractivity contribution in [1.29, 1.82) is 0 Å². The van der Waals surface area contributed by atoms with Crippen molar-refractivity contribution >= 4 is 21.8 Å². The summed E-state index contributed by atoms with van der Waals surface area (Å²) >= 11 is 3.55. The molecule has 0 aliphatic heterocycles. The molecule has 4 bridgehead atoms. The quantitative estimate of drug-likeness (QED) is 0.738. The van der Waals surface area contributed by atoms with E-state index in [1.165, 1.54) is 19.3 Å². The molecule has 0 heterocycles. The van der Waals surface area contributed by atoms with Crippen molar-refractivity contribution in [2.75, 3.05) is 11.9 Å². The van der Waals surface area contributed by atoms with Crippen LogP contribution in [0.5, 0.6) is 0 Å². The van der Waals surface area contributed by atoms with Gasteiger partial charge in [0.2, 0.25) is 5.91 Å². The summed E-state index contributed by atoms with van der Waals surface area (Å²) in [4.78, 5) is 13.0. The van der Waals surface area contributed by atoms with Crippen molar-refractivity contribution in [1.82, 2.24) is 5.32 Å². The molecule has 4 rings (SSSR count). The Balaban J connectivity index is 1.77. The van der Waals surface area contributed by atoms with Crippen LogP contribution in [0, 0.1) is 27.6 Å². The fourth-order valence-corrected chi connectivity index (χ4v) is 6.45. The van der Waals surface area contributed by atoms with E-state index in [-0.39, 0.29) is 10.8 Å². The van der Waals surface area contributed by atoms with Gasteiger partial charge in [0.25, 0.3) is 0 Å². The maximum atomic E-state index is 13.0. The number of alkyl halides is 1. The van der Waals surface area contributed by atoms with Gasteiger partial charge in [-0.1, -0.05) is 43.6 Å². The van der Waals surface area contributed by atoms with E-state index in [9.17, 15) is 4.79 Å². The number of nitrogens with one attached hydrogen (secondary N) is 1. The summed E-state index contributed by atoms with van der Waals surface area (Å²) < 4.78 is 0. The number of carbonyl (C=O) groups excluding carboxylic acids is 1. The Morgan fingerprint density at radius 3 is 2.19 bits per heavy atom. The zero-order valence-electron chi connectivity index (χ0n) is 14.0. The molecular formula is C18H30BrNO. The lowest BCUT2D eigenvalue weighted by Crippen LogP contribution is -2.60. The Labute approximate surface area is 138 Å². The maximum absolute atomic E-state index is 13.0. The van der Waals surface area contributed by atoms with Crippen molar-refractivity contribution < 1.29 is 4.79 Å². The van der Waals surface area contributed by atoms with Gasteiger partial charge in [-0.15, -0.1) is 0 Å². The maximum Gasteiger partial charge on any atom is 0.226 e. The van der Waals surface area contributed by atoms with Crippen LogP contribution in [0.1, 0.15) is 66.2 Å². The standard InChI is InChI=1S/C18H30BrNO/c1-15(2,11-19)12-20-14(21)18-7-13-5-16(3,9-18)8-17(4,6-13)10-18/h13H,5-12H2,1-4H3,(H,20,21). The summed E-state index contributed by atoms with van der Waals surface area (Å²) in [5.74, 6) is 1.13. The molecule has 120 valence electrons. The number of amides is 1. The summed E-state index contributed by atoms with van der Waals surface area (Å²) in [6, 6.07) is 0. The second-order valence-corrected chi connectivity index (χ2v) is 10.5. The molecule has 1 amide bonds. The predicted molar refractivity (Wildman–Crippen MR) is 90.4 cm³/mol. The van der Waals surface area contributed by atoms with Gasteiger partial charge in [-0.3, -0.25) is 4.79 Å². The van der Waals surface area contributed by atoms with Gasteiger partial charge in [-0.05, 0) is 60.7 Å². The van der Waals surface area contributed by atoms with Crippen LogP contribution in [-0.2, 0) is 4.79 Å². The summed E-state index contributed by atoms with van der Waals surface area (Å²) in [5, 5.41) is 4.22. The van der Waals surface area contributed by atoms with E-state index >= 15 is 0 Å². The zero-order valence-corrected chi connectivity index (χ0v) is 15.6. The van der Waals surface area contributed by atoms with E-state index in [1.807, 2.05) is 0 Å². The van der Waals surface area contributed by atoms with Crippen LogP contribution in [0.25, 0.3) is 0 Å². The van der Waals surface area contributed by atoms with Crippen LogP contribution in [-0.4, -0.2) is 17.8 Å². The van der Waals surface area contributed by atoms with E-state index in [1.54, 1.807) is 0 Å². The van der Waals surface area contributed by atoms with E-state index in [4.69, 9.17) is 0 Å². The second-order valence-electron chi connectivity index (χ2n) is 9.89. The number of hydrogen-bond acceptors (Lipinski definition) is 1. The van der Waals surface area contributed by atoms with Crippen molar-refractivity contribution in [3.05, 3.63) is 0 Å². The van der Waals surface area contributed by atoms with E-state index in [0.717, 1.165) is 37.1 Å². The van der Waals surface area contributed by atoms with E-state index < -0.39 is 0 Å². The first-order valence-electron chi connectivity index (χ1n) is 8.44. The van der Waals surface area contributed by atoms with Gasteiger partial charge in [0.1, 0.15) is 0 Å². The Morgan fingerprint density at radius 2 is 1.71 bits per heavy atom. The summed E-state index contributed by atoms with van der Waals surface area (Å²) in [6.07, 6.45) is 7.41. The van der Waals surface area contributed by atoms with Crippen LogP contribution >= 0.6 is 15.9 Å². The molecule has 2 unspecified atom stereocenters. The molecule has 3 heteroatoms. The van der Waals surface area contributed by atoms with Crippen LogP contribution in [0.15, 0.2) is 0 Å². The van der Waals surface area contributed by atoms with E-state index in [0.29, 0.717) is 16.7 Å². The molecule has 4 aliphatic carbocycles. The average Bonchev–Trinajstić information content (AvgIpc) is 2.31. The minimum atomic E-state index is -0.0642. The fraction of sp³-hybridized carbons (Fsp3) is 0.944. The molecule has 4 aliphatic rings. The largest absolute Gasteiger partial charge is 0.355 e. The smallest absolute Gasteiger partial charge is 0.226 e. The molecule has 21 heavy (non-hydrogen) atoms. The average molecular weight is 356 g/mol. The molecule has 0 radical (unpaired) electrons. The molecule has 0 aromatic heterocycles. The summed E-state index contributed by atoms with van der Waals surface area (Å²) in [7, 11) is 0. The molecule has 4 saturated carbocycles. The number of halogens is 1. The van der Waals surface area contributed by atoms with Crippen molar-refractivity contribution in [3.8, 4) is 0 Å². The highest BCUT2D eigenvalue weighted by atomic mass is 79.9. The Hall–Kier alpha value is -0.0500. The Morgan fingerprint density at radius 1 is 1.14 bits per heavy atom. The molecule has 4 fully saturated rings. The lowest BCUT2D eigenvalue weighted by molar-refractivity contribution is -0.170. The summed E-state index contributed by atoms with van der Waals surface area (Å²) in [6.45, 7) is 10.0. The third kappa shape index (κ3) is 2.80. The van der Waals surface area contributed by atoms with Crippen molar-refractivity contribution in [2.24, 2.45) is 27.6 Å². The minimum Gasteiger partial charge on any atom is -0.355 e. The van der Waals surface area contributed by atoms with Crippen molar-refractivity contribution in [3.63, 3.8) is 0 Å². The number of hydrogen-bond donors (Lipinski definition) is 1. The van der Waals surface area contributed by atoms with Gasteiger partial charge in [0.15, 0.2) is 0 Å². The molecule has 0 saturated heterocycles. The van der Waals surface area contributed by atoms with Gasteiger partial charge in [-0.2, -0.15) is 0 Å². The molecule has 2 nitrogen and oxygen atoms in total. The first kappa shape index (κ1) is 15.8. The van der Waals surface area contributed by atoms with Gasteiger partial charge < -0.3 is 5.32 Å². The Kier molecular flexibility index (Phi) is 3.56. The highest BCUT2D eigenvalue weighted by Crippen LogP contribution is 2.69. The Bertz CT molecular complexity index is 440. The molecule has 0 aromatic rings. The zero-order chi connectivity index (χ0) is 15.5. The predicted octanol–water partition coefficient (Wildman–Crippen LogP) is 4.52. The molecule has 1 N–H and O–H groups in total. The normalized spacial score (nSPS) is 44.9. The lowest BCUT2D eigenvalue weighted by Gasteiger charge is -2.64. The van der Waals surface area contributed by atoms with E-state index in [2.05, 4.69) is 48.9 Å². The van der Waals surface area contributed by atoms with Crippen LogP contribution in [0.2, 0.25) is 0 Å². The van der Waals surface area contributed by atoms with Crippen LogP contribution in [0.3, 0.4) is 0 Å².